The third kappa shape index (κ3) is 4.98. The molecule has 0 unspecified atom stereocenters. The Morgan fingerprint density at radius 2 is 2.05 bits per heavy atom. The van der Waals surface area contributed by atoms with Crippen molar-refractivity contribution in [3.05, 3.63) is 42.0 Å². The van der Waals surface area contributed by atoms with Crippen LogP contribution in [0.3, 0.4) is 0 Å². The number of amides is 2. The van der Waals surface area contributed by atoms with Gasteiger partial charge in [0.05, 0.1) is 0 Å². The lowest BCUT2D eigenvalue weighted by Crippen LogP contribution is -2.39. The Morgan fingerprint density at radius 3 is 2.64 bits per heavy atom. The van der Waals surface area contributed by atoms with Crippen LogP contribution in [0.4, 0.5) is 4.79 Å². The van der Waals surface area contributed by atoms with Crippen molar-refractivity contribution in [2.75, 3.05) is 19.8 Å². The normalized spacial score (nSPS) is 18.7. The maximum Gasteiger partial charge on any atom is 0.317 e. The summed E-state index contributed by atoms with van der Waals surface area (Å²) in [7, 11) is 0.830. The number of hydrogen-bond donors (Lipinski definition) is 1. The van der Waals surface area contributed by atoms with Gasteiger partial charge < -0.3 is 10.2 Å². The van der Waals surface area contributed by atoms with Crippen molar-refractivity contribution in [2.45, 2.75) is 30.7 Å². The molecule has 0 heterocycles. The van der Waals surface area contributed by atoms with Gasteiger partial charge in [-0.3, -0.25) is 4.21 Å². The van der Waals surface area contributed by atoms with E-state index in [0.717, 1.165) is 36.3 Å². The zero-order valence-corrected chi connectivity index (χ0v) is 14.1. The SMILES string of the molecule is CN(Cc1ccc([S@](C)=O)cc1)C(=O)NC[C@H]1CC=CCC1. The Hall–Kier alpha value is -1.62. The molecule has 1 N–H and O–H groups in total. The van der Waals surface area contributed by atoms with E-state index in [-0.39, 0.29) is 6.03 Å². The van der Waals surface area contributed by atoms with Gasteiger partial charge in [-0.15, -0.1) is 0 Å². The lowest BCUT2D eigenvalue weighted by Gasteiger charge is -2.22. The quantitative estimate of drug-likeness (QED) is 0.848. The summed E-state index contributed by atoms with van der Waals surface area (Å²) in [6, 6.07) is 7.51. The monoisotopic (exact) mass is 320 g/mol. The molecule has 0 fully saturated rings. The minimum Gasteiger partial charge on any atom is -0.338 e. The van der Waals surface area contributed by atoms with Gasteiger partial charge in [0.25, 0.3) is 0 Å². The molecule has 1 aliphatic carbocycles. The van der Waals surface area contributed by atoms with Crippen LogP contribution in [0.5, 0.6) is 0 Å². The maximum atomic E-state index is 12.1. The molecule has 5 heteroatoms. The molecule has 0 spiro atoms. The van der Waals surface area contributed by atoms with E-state index in [4.69, 9.17) is 0 Å². The molecule has 0 aromatic heterocycles. The summed E-state index contributed by atoms with van der Waals surface area (Å²) >= 11 is 0. The number of nitrogens with one attached hydrogen (secondary N) is 1. The van der Waals surface area contributed by atoms with Crippen molar-refractivity contribution in [3.63, 3.8) is 0 Å². The van der Waals surface area contributed by atoms with E-state index in [9.17, 15) is 9.00 Å². The minimum atomic E-state index is -0.963. The van der Waals surface area contributed by atoms with Crippen molar-refractivity contribution in [1.82, 2.24) is 10.2 Å². The van der Waals surface area contributed by atoms with Crippen molar-refractivity contribution >= 4 is 16.8 Å². The fourth-order valence-electron chi connectivity index (χ4n) is 2.54. The molecule has 22 heavy (non-hydrogen) atoms. The first-order valence-corrected chi connectivity index (χ1v) is 9.18. The predicted octanol–water partition coefficient (Wildman–Crippen LogP) is 2.92. The number of benzene rings is 1. The molecule has 0 bridgehead atoms. The lowest BCUT2D eigenvalue weighted by molar-refractivity contribution is 0.204. The van der Waals surface area contributed by atoms with Crippen molar-refractivity contribution < 1.29 is 9.00 Å². The highest BCUT2D eigenvalue weighted by Crippen LogP contribution is 2.17. The van der Waals surface area contributed by atoms with Crippen LogP contribution in [-0.2, 0) is 17.3 Å². The van der Waals surface area contributed by atoms with Gasteiger partial charge in [-0.1, -0.05) is 24.3 Å². The largest absolute Gasteiger partial charge is 0.338 e. The van der Waals surface area contributed by atoms with Gasteiger partial charge in [0.15, 0.2) is 0 Å². The zero-order valence-electron chi connectivity index (χ0n) is 13.2. The van der Waals surface area contributed by atoms with E-state index in [1.54, 1.807) is 18.2 Å². The molecule has 2 amide bonds. The highest BCUT2D eigenvalue weighted by atomic mass is 32.2. The molecule has 0 aliphatic heterocycles. The summed E-state index contributed by atoms with van der Waals surface area (Å²) in [6.45, 7) is 1.29. The van der Waals surface area contributed by atoms with Crippen LogP contribution in [0.15, 0.2) is 41.3 Å². The van der Waals surface area contributed by atoms with Gasteiger partial charge in [0.2, 0.25) is 0 Å². The molecule has 120 valence electrons. The standard InChI is InChI=1S/C17H24N2O2S/c1-19(13-15-8-10-16(11-9-15)22(2)21)17(20)18-12-14-6-4-3-5-7-14/h3-4,8-11,14H,5-7,12-13H2,1-2H3,(H,18,20)/t14-,22-/m0/s1. The summed E-state index contributed by atoms with van der Waals surface area (Å²) in [6.07, 6.45) is 9.38. The summed E-state index contributed by atoms with van der Waals surface area (Å²) in [5.41, 5.74) is 1.03. The summed E-state index contributed by atoms with van der Waals surface area (Å²) in [5.74, 6) is 0.557. The molecule has 2 atom stereocenters. The summed E-state index contributed by atoms with van der Waals surface area (Å²) in [5, 5.41) is 3.01. The Labute approximate surface area is 135 Å². The smallest absolute Gasteiger partial charge is 0.317 e. The number of nitrogens with zero attached hydrogens (tertiary/aromatic N) is 1. The fourth-order valence-corrected chi connectivity index (χ4v) is 3.06. The molecule has 1 aromatic rings. The molecule has 1 aliphatic rings. The lowest BCUT2D eigenvalue weighted by atomic mass is 9.94. The van der Waals surface area contributed by atoms with E-state index >= 15 is 0 Å². The van der Waals surface area contributed by atoms with Crippen LogP contribution in [-0.4, -0.2) is 35.0 Å². The van der Waals surface area contributed by atoms with Gasteiger partial charge in [0, 0.05) is 42.1 Å². The molecule has 0 saturated carbocycles. The first-order valence-electron chi connectivity index (χ1n) is 7.62. The third-order valence-electron chi connectivity index (χ3n) is 3.94. The first kappa shape index (κ1) is 16.7. The van der Waals surface area contributed by atoms with Gasteiger partial charge in [0.1, 0.15) is 0 Å². The molecule has 0 radical (unpaired) electrons. The number of hydrogen-bond acceptors (Lipinski definition) is 2. The van der Waals surface area contributed by atoms with E-state index in [2.05, 4.69) is 17.5 Å². The Bertz CT molecular complexity index is 554. The fraction of sp³-hybridized carbons (Fsp3) is 0.471. The molecular weight excluding hydrogens is 296 g/mol. The van der Waals surface area contributed by atoms with Gasteiger partial charge in [-0.05, 0) is 42.9 Å². The van der Waals surface area contributed by atoms with Crippen molar-refractivity contribution in [2.24, 2.45) is 5.92 Å². The van der Waals surface area contributed by atoms with Crippen LogP contribution < -0.4 is 5.32 Å². The van der Waals surface area contributed by atoms with Gasteiger partial charge in [-0.25, -0.2) is 4.79 Å². The Kier molecular flexibility index (Phi) is 6.19. The third-order valence-corrected chi connectivity index (χ3v) is 4.88. The molecule has 2 rings (SSSR count). The number of urea groups is 1. The van der Waals surface area contributed by atoms with Crippen molar-refractivity contribution in [1.29, 1.82) is 0 Å². The summed E-state index contributed by atoms with van der Waals surface area (Å²) < 4.78 is 11.4. The number of allylic oxidation sites excluding steroid dienone is 2. The zero-order chi connectivity index (χ0) is 15.9. The second-order valence-electron chi connectivity index (χ2n) is 5.79. The van der Waals surface area contributed by atoms with Crippen LogP contribution >= 0.6 is 0 Å². The second-order valence-corrected chi connectivity index (χ2v) is 7.17. The van der Waals surface area contributed by atoms with Crippen LogP contribution in [0, 0.1) is 5.92 Å². The van der Waals surface area contributed by atoms with Gasteiger partial charge in [-0.2, -0.15) is 0 Å². The summed E-state index contributed by atoms with van der Waals surface area (Å²) in [4.78, 5) is 14.6. The Morgan fingerprint density at radius 1 is 1.32 bits per heavy atom. The predicted molar refractivity (Wildman–Crippen MR) is 90.1 cm³/mol. The molecular formula is C17H24N2O2S. The van der Waals surface area contributed by atoms with E-state index in [1.807, 2.05) is 24.3 Å². The second kappa shape index (κ2) is 8.13. The molecule has 0 saturated heterocycles. The highest BCUT2D eigenvalue weighted by molar-refractivity contribution is 7.84. The highest BCUT2D eigenvalue weighted by Gasteiger charge is 2.13. The average molecular weight is 320 g/mol. The molecule has 4 nitrogen and oxygen atoms in total. The van der Waals surface area contributed by atoms with Crippen molar-refractivity contribution in [3.8, 4) is 0 Å². The minimum absolute atomic E-state index is 0.0438. The number of carbonyl (C=O) groups excluding carboxylic acids is 1. The van der Waals surface area contributed by atoms with E-state index in [0.29, 0.717) is 12.5 Å². The molecule has 1 aromatic carbocycles. The Balaban J connectivity index is 1.80. The topological polar surface area (TPSA) is 49.4 Å². The van der Waals surface area contributed by atoms with Crippen LogP contribution in [0.25, 0.3) is 0 Å². The van der Waals surface area contributed by atoms with Crippen LogP contribution in [0.2, 0.25) is 0 Å². The number of rotatable bonds is 5. The average Bonchev–Trinajstić information content (AvgIpc) is 2.54. The van der Waals surface area contributed by atoms with Gasteiger partial charge >= 0.3 is 6.03 Å². The van der Waals surface area contributed by atoms with Crippen LogP contribution in [0.1, 0.15) is 24.8 Å². The van der Waals surface area contributed by atoms with E-state index in [1.165, 1.54) is 0 Å². The maximum absolute atomic E-state index is 12.1. The van der Waals surface area contributed by atoms with E-state index < -0.39 is 10.8 Å². The number of carbonyl (C=O) groups is 1. The first-order chi connectivity index (χ1) is 10.6.